The van der Waals surface area contributed by atoms with Gasteiger partial charge in [0.05, 0.1) is 5.69 Å². The molecule has 1 heterocycles. The molecule has 27 heavy (non-hydrogen) atoms. The Morgan fingerprint density at radius 3 is 2.48 bits per heavy atom. The number of aromatic nitrogens is 1. The highest BCUT2D eigenvalue weighted by Crippen LogP contribution is 2.22. The number of hydrogen-bond donors (Lipinski definition) is 2. The lowest BCUT2D eigenvalue weighted by molar-refractivity contribution is -0.116. The Morgan fingerprint density at radius 2 is 1.85 bits per heavy atom. The maximum Gasteiger partial charge on any atom is 0.244 e. The summed E-state index contributed by atoms with van der Waals surface area (Å²) in [5, 5.41) is 12.8. The maximum atomic E-state index is 12.5. The normalized spacial score (nSPS) is 10.4. The minimum Gasteiger partial charge on any atom is -0.397 e. The fourth-order valence-corrected chi connectivity index (χ4v) is 2.98. The van der Waals surface area contributed by atoms with Crippen molar-refractivity contribution >= 4 is 28.9 Å². The molecule has 136 valence electrons. The first-order valence-electron chi connectivity index (χ1n) is 8.45. The van der Waals surface area contributed by atoms with Gasteiger partial charge in [-0.2, -0.15) is 5.26 Å². The van der Waals surface area contributed by atoms with Crippen LogP contribution in [0.25, 0.3) is 0 Å². The van der Waals surface area contributed by atoms with Crippen molar-refractivity contribution in [2.45, 2.75) is 19.9 Å². The molecule has 0 unspecified atom stereocenters. The molecule has 1 amide bonds. The van der Waals surface area contributed by atoms with Crippen molar-refractivity contribution in [2.24, 2.45) is 0 Å². The highest BCUT2D eigenvalue weighted by molar-refractivity contribution is 6.30. The zero-order valence-electron chi connectivity index (χ0n) is 14.9. The molecular weight excluding hydrogens is 360 g/mol. The smallest absolute Gasteiger partial charge is 0.244 e. The Hall–Kier alpha value is -3.23. The first kappa shape index (κ1) is 18.6. The SMILES string of the molecule is Cc1ccc(Cc2c(N)cc(C#N)n2CC(=O)Nc2ccc(Cl)cc2)cc1. The van der Waals surface area contributed by atoms with E-state index in [0.29, 0.717) is 28.5 Å². The maximum absolute atomic E-state index is 12.5. The number of nitriles is 1. The Labute approximate surface area is 163 Å². The van der Waals surface area contributed by atoms with Crippen molar-refractivity contribution in [3.8, 4) is 6.07 Å². The first-order chi connectivity index (χ1) is 13.0. The van der Waals surface area contributed by atoms with Gasteiger partial charge in [-0.1, -0.05) is 41.4 Å². The zero-order valence-corrected chi connectivity index (χ0v) is 15.6. The van der Waals surface area contributed by atoms with Crippen LogP contribution in [0.1, 0.15) is 22.5 Å². The van der Waals surface area contributed by atoms with Gasteiger partial charge in [-0.25, -0.2) is 0 Å². The van der Waals surface area contributed by atoms with Crippen LogP contribution in [0.2, 0.25) is 5.02 Å². The third kappa shape index (κ3) is 4.49. The van der Waals surface area contributed by atoms with Crippen LogP contribution in [0.4, 0.5) is 11.4 Å². The van der Waals surface area contributed by atoms with Crippen LogP contribution in [-0.4, -0.2) is 10.5 Å². The third-order valence-corrected chi connectivity index (χ3v) is 4.53. The lowest BCUT2D eigenvalue weighted by atomic mass is 10.1. The van der Waals surface area contributed by atoms with E-state index in [1.54, 1.807) is 34.9 Å². The van der Waals surface area contributed by atoms with Gasteiger partial charge in [0.15, 0.2) is 0 Å². The van der Waals surface area contributed by atoms with Crippen molar-refractivity contribution in [1.82, 2.24) is 4.57 Å². The Balaban J connectivity index is 1.83. The lowest BCUT2D eigenvalue weighted by Gasteiger charge is -2.12. The molecule has 0 fully saturated rings. The molecule has 0 radical (unpaired) electrons. The number of nitrogens with one attached hydrogen (secondary N) is 1. The predicted octanol–water partition coefficient (Wildman–Crippen LogP) is 4.13. The minimum absolute atomic E-state index is 0.00388. The molecule has 1 aromatic heterocycles. The van der Waals surface area contributed by atoms with Crippen LogP contribution in [0.3, 0.4) is 0 Å². The van der Waals surface area contributed by atoms with Gasteiger partial charge in [0.2, 0.25) is 5.91 Å². The average Bonchev–Trinajstić information content (AvgIpc) is 2.94. The van der Waals surface area contributed by atoms with Crippen LogP contribution < -0.4 is 11.1 Å². The summed E-state index contributed by atoms with van der Waals surface area (Å²) in [6, 6.07) is 18.7. The molecule has 0 aliphatic heterocycles. The van der Waals surface area contributed by atoms with Crippen molar-refractivity contribution in [1.29, 1.82) is 5.26 Å². The topological polar surface area (TPSA) is 83.8 Å². The van der Waals surface area contributed by atoms with Crippen LogP contribution in [0.5, 0.6) is 0 Å². The van der Waals surface area contributed by atoms with Crippen LogP contribution in [-0.2, 0) is 17.8 Å². The average molecular weight is 379 g/mol. The number of nitrogens with zero attached hydrogens (tertiary/aromatic N) is 2. The van der Waals surface area contributed by atoms with E-state index in [-0.39, 0.29) is 12.5 Å². The highest BCUT2D eigenvalue weighted by Gasteiger charge is 2.16. The van der Waals surface area contributed by atoms with E-state index >= 15 is 0 Å². The summed E-state index contributed by atoms with van der Waals surface area (Å²) in [6.45, 7) is 2.03. The molecular formula is C21H19ClN4O. The lowest BCUT2D eigenvalue weighted by Crippen LogP contribution is -2.21. The molecule has 0 saturated carbocycles. The van der Waals surface area contributed by atoms with Gasteiger partial charge in [-0.05, 0) is 42.8 Å². The van der Waals surface area contributed by atoms with E-state index in [9.17, 15) is 10.1 Å². The molecule has 3 aromatic rings. The van der Waals surface area contributed by atoms with Crippen molar-refractivity contribution < 1.29 is 4.79 Å². The molecule has 5 nitrogen and oxygen atoms in total. The molecule has 3 N–H and O–H groups in total. The number of hydrogen-bond acceptors (Lipinski definition) is 3. The summed E-state index contributed by atoms with van der Waals surface area (Å²) in [5.41, 5.74) is 10.6. The third-order valence-electron chi connectivity index (χ3n) is 4.28. The van der Waals surface area contributed by atoms with E-state index in [4.69, 9.17) is 17.3 Å². The number of halogens is 1. The number of carbonyl (C=O) groups excluding carboxylic acids is 1. The number of benzene rings is 2. The predicted molar refractivity (Wildman–Crippen MR) is 108 cm³/mol. The van der Waals surface area contributed by atoms with Gasteiger partial charge in [-0.3, -0.25) is 4.79 Å². The van der Waals surface area contributed by atoms with Crippen LogP contribution in [0.15, 0.2) is 54.6 Å². The zero-order chi connectivity index (χ0) is 19.4. The number of nitrogens with two attached hydrogens (primary N) is 1. The molecule has 0 bridgehead atoms. The Bertz CT molecular complexity index is 998. The van der Waals surface area contributed by atoms with Gasteiger partial charge in [0.25, 0.3) is 0 Å². The molecule has 0 spiro atoms. The van der Waals surface area contributed by atoms with Gasteiger partial charge in [-0.15, -0.1) is 0 Å². The molecule has 6 heteroatoms. The van der Waals surface area contributed by atoms with E-state index in [2.05, 4.69) is 11.4 Å². The van der Waals surface area contributed by atoms with Crippen LogP contribution >= 0.6 is 11.6 Å². The van der Waals surface area contributed by atoms with Gasteiger partial charge in [0, 0.05) is 22.8 Å². The van der Waals surface area contributed by atoms with E-state index < -0.39 is 0 Å². The van der Waals surface area contributed by atoms with Gasteiger partial charge >= 0.3 is 0 Å². The molecule has 2 aromatic carbocycles. The van der Waals surface area contributed by atoms with Gasteiger partial charge < -0.3 is 15.6 Å². The number of aryl methyl sites for hydroxylation is 1. The van der Waals surface area contributed by atoms with Crippen molar-refractivity contribution in [3.63, 3.8) is 0 Å². The summed E-state index contributed by atoms with van der Waals surface area (Å²) < 4.78 is 1.67. The largest absolute Gasteiger partial charge is 0.397 e. The summed E-state index contributed by atoms with van der Waals surface area (Å²) >= 11 is 5.86. The summed E-state index contributed by atoms with van der Waals surface area (Å²) in [6.07, 6.45) is 0.544. The van der Waals surface area contributed by atoms with Crippen molar-refractivity contribution in [2.75, 3.05) is 11.1 Å². The Kier molecular flexibility index (Phi) is 5.49. The monoisotopic (exact) mass is 378 g/mol. The number of anilines is 2. The highest BCUT2D eigenvalue weighted by atomic mass is 35.5. The van der Waals surface area contributed by atoms with E-state index in [1.807, 2.05) is 31.2 Å². The summed E-state index contributed by atoms with van der Waals surface area (Å²) in [4.78, 5) is 12.5. The molecule has 0 aliphatic carbocycles. The standard InChI is InChI=1S/C21H19ClN4O/c1-14-2-4-15(5-3-14)10-20-19(24)11-18(12-23)26(20)13-21(27)25-17-8-6-16(22)7-9-17/h2-9,11H,10,13,24H2,1H3,(H,25,27). The summed E-state index contributed by atoms with van der Waals surface area (Å²) in [5.74, 6) is -0.241. The second-order valence-corrected chi connectivity index (χ2v) is 6.78. The number of carbonyl (C=O) groups is 1. The molecule has 0 aliphatic rings. The number of rotatable bonds is 5. The fraction of sp³-hybridized carbons (Fsp3) is 0.143. The molecule has 0 atom stereocenters. The second kappa shape index (κ2) is 7.98. The summed E-state index contributed by atoms with van der Waals surface area (Å²) in [7, 11) is 0. The van der Waals surface area contributed by atoms with E-state index in [1.165, 1.54) is 5.56 Å². The minimum atomic E-state index is -0.241. The van der Waals surface area contributed by atoms with E-state index in [0.717, 1.165) is 11.3 Å². The quantitative estimate of drug-likeness (QED) is 0.700. The number of nitrogen functional groups attached to an aromatic ring is 1. The van der Waals surface area contributed by atoms with Crippen molar-refractivity contribution in [3.05, 3.63) is 82.1 Å². The fourth-order valence-electron chi connectivity index (χ4n) is 2.86. The molecule has 3 rings (SSSR count). The first-order valence-corrected chi connectivity index (χ1v) is 8.83. The Morgan fingerprint density at radius 1 is 1.19 bits per heavy atom. The molecule has 0 saturated heterocycles. The van der Waals surface area contributed by atoms with Gasteiger partial charge in [0.1, 0.15) is 18.3 Å². The second-order valence-electron chi connectivity index (χ2n) is 6.35. The number of amides is 1. The van der Waals surface area contributed by atoms with Crippen LogP contribution in [0, 0.1) is 18.3 Å².